The molecule has 0 spiro atoms. The summed E-state index contributed by atoms with van der Waals surface area (Å²) in [5.74, 6) is 1.98. The molecule has 0 saturated carbocycles. The maximum absolute atomic E-state index is 3.48. The molecule has 3 unspecified atom stereocenters. The summed E-state index contributed by atoms with van der Waals surface area (Å²) in [6.45, 7) is 6.21. The lowest BCUT2D eigenvalue weighted by Crippen LogP contribution is -2.40. The number of hydrogen-bond acceptors (Lipinski definition) is 2. The van der Waals surface area contributed by atoms with E-state index in [9.17, 15) is 0 Å². The van der Waals surface area contributed by atoms with Crippen molar-refractivity contribution in [3.05, 3.63) is 0 Å². The fourth-order valence-electron chi connectivity index (χ4n) is 2.83. The summed E-state index contributed by atoms with van der Waals surface area (Å²) in [4.78, 5) is 2.50. The van der Waals surface area contributed by atoms with Crippen molar-refractivity contribution in [3.8, 4) is 0 Å². The first kappa shape index (κ1) is 9.47. The van der Waals surface area contributed by atoms with Crippen LogP contribution in [0.3, 0.4) is 0 Å². The van der Waals surface area contributed by atoms with E-state index < -0.39 is 0 Å². The fraction of sp³-hybridized carbons (Fsp3) is 1.00. The molecule has 2 aliphatic heterocycles. The fourth-order valence-corrected chi connectivity index (χ4v) is 2.83. The van der Waals surface area contributed by atoms with Crippen molar-refractivity contribution in [2.24, 2.45) is 11.8 Å². The van der Waals surface area contributed by atoms with Gasteiger partial charge in [0.25, 0.3) is 0 Å². The molecule has 0 bridgehead atoms. The van der Waals surface area contributed by atoms with Crippen LogP contribution >= 0.6 is 0 Å². The predicted octanol–water partition coefficient (Wildman–Crippen LogP) is 1.33. The summed E-state index contributed by atoms with van der Waals surface area (Å²) in [7, 11) is 2.26. The quantitative estimate of drug-likeness (QED) is 0.658. The predicted molar refractivity (Wildman–Crippen MR) is 55.8 cm³/mol. The van der Waals surface area contributed by atoms with Crippen molar-refractivity contribution in [3.63, 3.8) is 0 Å². The van der Waals surface area contributed by atoms with E-state index in [1.807, 2.05) is 0 Å². The van der Waals surface area contributed by atoms with Gasteiger partial charge >= 0.3 is 0 Å². The van der Waals surface area contributed by atoms with Crippen molar-refractivity contribution in [2.75, 3.05) is 26.7 Å². The average molecular weight is 182 g/mol. The molecular weight excluding hydrogens is 160 g/mol. The molecule has 0 aromatic carbocycles. The highest BCUT2D eigenvalue weighted by Crippen LogP contribution is 2.31. The van der Waals surface area contributed by atoms with Gasteiger partial charge in [0, 0.05) is 6.04 Å². The van der Waals surface area contributed by atoms with Crippen LogP contribution in [0, 0.1) is 11.8 Å². The lowest BCUT2D eigenvalue weighted by atomic mass is 9.81. The summed E-state index contributed by atoms with van der Waals surface area (Å²) >= 11 is 0. The molecule has 1 N–H and O–H groups in total. The molecular formula is C11H22N2. The molecule has 76 valence electrons. The molecule has 2 nitrogen and oxygen atoms in total. The Balaban J connectivity index is 1.87. The van der Waals surface area contributed by atoms with Crippen LogP contribution in [0.25, 0.3) is 0 Å². The molecule has 2 aliphatic rings. The third-order valence-electron chi connectivity index (χ3n) is 4.01. The Labute approximate surface area is 81.7 Å². The Morgan fingerprint density at radius 2 is 2.08 bits per heavy atom. The van der Waals surface area contributed by atoms with Crippen molar-refractivity contribution in [1.82, 2.24) is 10.2 Å². The highest BCUT2D eigenvalue weighted by atomic mass is 15.1. The van der Waals surface area contributed by atoms with E-state index in [2.05, 4.69) is 24.2 Å². The molecule has 2 saturated heterocycles. The molecule has 2 fully saturated rings. The second-order valence-corrected chi connectivity index (χ2v) is 4.87. The van der Waals surface area contributed by atoms with E-state index in [1.54, 1.807) is 0 Å². The summed E-state index contributed by atoms with van der Waals surface area (Å²) in [6, 6.07) is 0.805. The van der Waals surface area contributed by atoms with Crippen molar-refractivity contribution >= 4 is 0 Å². The summed E-state index contributed by atoms with van der Waals surface area (Å²) in [5, 5.41) is 3.48. The maximum Gasteiger partial charge on any atom is 0.00666 e. The zero-order valence-electron chi connectivity index (χ0n) is 8.92. The van der Waals surface area contributed by atoms with E-state index in [0.29, 0.717) is 0 Å². The van der Waals surface area contributed by atoms with Gasteiger partial charge in [-0.2, -0.15) is 0 Å². The summed E-state index contributed by atoms with van der Waals surface area (Å²) < 4.78 is 0. The molecule has 0 aromatic rings. The van der Waals surface area contributed by atoms with E-state index >= 15 is 0 Å². The van der Waals surface area contributed by atoms with Crippen LogP contribution in [-0.2, 0) is 0 Å². The lowest BCUT2D eigenvalue weighted by Gasteiger charge is -2.37. The minimum absolute atomic E-state index is 0.805. The number of nitrogens with zero attached hydrogens (tertiary/aromatic N) is 1. The number of hydrogen-bond donors (Lipinski definition) is 1. The molecule has 2 heteroatoms. The van der Waals surface area contributed by atoms with Crippen molar-refractivity contribution < 1.29 is 0 Å². The number of likely N-dealkylation sites (tertiary alicyclic amines) is 1. The second-order valence-electron chi connectivity index (χ2n) is 4.87. The Bertz CT molecular complexity index is 163. The Morgan fingerprint density at radius 3 is 2.69 bits per heavy atom. The Kier molecular flexibility index (Phi) is 2.89. The largest absolute Gasteiger partial charge is 0.316 e. The number of rotatable bonds is 1. The van der Waals surface area contributed by atoms with Gasteiger partial charge in [0.05, 0.1) is 0 Å². The van der Waals surface area contributed by atoms with Gasteiger partial charge in [-0.1, -0.05) is 0 Å². The smallest absolute Gasteiger partial charge is 0.00666 e. The normalized spacial score (nSPS) is 42.5. The SMILES string of the molecule is CC1CC(C2CCNC2)CCN1C. The van der Waals surface area contributed by atoms with Gasteiger partial charge < -0.3 is 10.2 Å². The van der Waals surface area contributed by atoms with E-state index in [0.717, 1.165) is 17.9 Å². The molecule has 0 aliphatic carbocycles. The summed E-state index contributed by atoms with van der Waals surface area (Å²) in [5.41, 5.74) is 0. The van der Waals surface area contributed by atoms with Crippen LogP contribution in [0.4, 0.5) is 0 Å². The minimum atomic E-state index is 0.805. The van der Waals surface area contributed by atoms with Gasteiger partial charge in [0.15, 0.2) is 0 Å². The summed E-state index contributed by atoms with van der Waals surface area (Å²) in [6.07, 6.45) is 4.26. The van der Waals surface area contributed by atoms with Gasteiger partial charge in [-0.25, -0.2) is 0 Å². The average Bonchev–Trinajstić information content (AvgIpc) is 2.62. The van der Waals surface area contributed by atoms with Crippen molar-refractivity contribution in [1.29, 1.82) is 0 Å². The van der Waals surface area contributed by atoms with Crippen LogP contribution in [0.1, 0.15) is 26.2 Å². The van der Waals surface area contributed by atoms with Crippen LogP contribution in [0.2, 0.25) is 0 Å². The van der Waals surface area contributed by atoms with Crippen molar-refractivity contribution in [2.45, 2.75) is 32.2 Å². The monoisotopic (exact) mass is 182 g/mol. The molecule has 0 radical (unpaired) electrons. The molecule has 2 rings (SSSR count). The third kappa shape index (κ3) is 2.05. The van der Waals surface area contributed by atoms with Crippen LogP contribution < -0.4 is 5.32 Å². The lowest BCUT2D eigenvalue weighted by molar-refractivity contribution is 0.124. The third-order valence-corrected chi connectivity index (χ3v) is 4.01. The minimum Gasteiger partial charge on any atom is -0.316 e. The zero-order valence-corrected chi connectivity index (χ0v) is 8.92. The zero-order chi connectivity index (χ0) is 9.26. The van der Waals surface area contributed by atoms with Crippen LogP contribution in [-0.4, -0.2) is 37.6 Å². The maximum atomic E-state index is 3.48. The highest BCUT2D eigenvalue weighted by molar-refractivity contribution is 4.85. The Hall–Kier alpha value is -0.0800. The molecule has 0 amide bonds. The van der Waals surface area contributed by atoms with E-state index in [4.69, 9.17) is 0 Å². The van der Waals surface area contributed by atoms with Crippen LogP contribution in [0.5, 0.6) is 0 Å². The molecule has 2 heterocycles. The first-order valence-corrected chi connectivity index (χ1v) is 5.68. The first-order valence-electron chi connectivity index (χ1n) is 5.68. The first-order chi connectivity index (χ1) is 6.27. The second kappa shape index (κ2) is 3.97. The number of piperidine rings is 1. The topological polar surface area (TPSA) is 15.3 Å². The van der Waals surface area contributed by atoms with Gasteiger partial charge in [-0.05, 0) is 64.7 Å². The Morgan fingerprint density at radius 1 is 1.23 bits per heavy atom. The molecule has 13 heavy (non-hydrogen) atoms. The highest BCUT2D eigenvalue weighted by Gasteiger charge is 2.30. The standard InChI is InChI=1S/C11H22N2/c1-9-7-10(4-6-13(9)2)11-3-5-12-8-11/h9-12H,3-8H2,1-2H3. The van der Waals surface area contributed by atoms with E-state index in [-0.39, 0.29) is 0 Å². The van der Waals surface area contributed by atoms with Crippen LogP contribution in [0.15, 0.2) is 0 Å². The van der Waals surface area contributed by atoms with Gasteiger partial charge in [0.1, 0.15) is 0 Å². The molecule has 0 aromatic heterocycles. The molecule has 3 atom stereocenters. The van der Waals surface area contributed by atoms with Gasteiger partial charge in [0.2, 0.25) is 0 Å². The number of nitrogens with one attached hydrogen (secondary N) is 1. The van der Waals surface area contributed by atoms with Gasteiger partial charge in [-0.15, -0.1) is 0 Å². The van der Waals surface area contributed by atoms with E-state index in [1.165, 1.54) is 38.9 Å². The van der Waals surface area contributed by atoms with Gasteiger partial charge in [-0.3, -0.25) is 0 Å².